The Morgan fingerprint density at radius 2 is 2.25 bits per heavy atom. The van der Waals surface area contributed by atoms with Crippen LogP contribution in [0.25, 0.3) is 0 Å². The summed E-state index contributed by atoms with van der Waals surface area (Å²) < 4.78 is 0. The van der Waals surface area contributed by atoms with Crippen molar-refractivity contribution in [2.75, 3.05) is 19.6 Å². The largest absolute Gasteiger partial charge is 0.320 e. The number of thiophene rings is 1. The highest BCUT2D eigenvalue weighted by atomic mass is 32.1. The van der Waals surface area contributed by atoms with Gasteiger partial charge in [0.1, 0.15) is 0 Å². The fraction of sp³-hybridized carbons (Fsp3) is 0.538. The van der Waals surface area contributed by atoms with E-state index < -0.39 is 0 Å². The smallest absolute Gasteiger partial charge is 0.0555 e. The van der Waals surface area contributed by atoms with Gasteiger partial charge in [0.05, 0.1) is 6.54 Å². The van der Waals surface area contributed by atoms with Crippen LogP contribution >= 0.6 is 11.3 Å². The van der Waals surface area contributed by atoms with Gasteiger partial charge in [0.2, 0.25) is 0 Å². The van der Waals surface area contributed by atoms with Gasteiger partial charge in [-0.2, -0.15) is 0 Å². The summed E-state index contributed by atoms with van der Waals surface area (Å²) >= 11 is 1.78. The van der Waals surface area contributed by atoms with Crippen molar-refractivity contribution in [2.45, 2.75) is 26.8 Å². The van der Waals surface area contributed by atoms with E-state index in [0.717, 1.165) is 25.2 Å². The molecule has 1 heterocycles. The Morgan fingerprint density at radius 3 is 2.88 bits per heavy atom. The molecule has 1 rings (SSSR count). The van der Waals surface area contributed by atoms with E-state index in [9.17, 15) is 0 Å². The highest BCUT2D eigenvalue weighted by molar-refractivity contribution is 7.10. The lowest BCUT2D eigenvalue weighted by Gasteiger charge is -2.18. The average molecular weight is 236 g/mol. The Morgan fingerprint density at radius 1 is 1.44 bits per heavy atom. The lowest BCUT2D eigenvalue weighted by Crippen LogP contribution is -2.22. The molecule has 0 bridgehead atoms. The van der Waals surface area contributed by atoms with Crippen molar-refractivity contribution in [2.24, 2.45) is 5.73 Å². The molecule has 2 nitrogen and oxygen atoms in total. The highest BCUT2D eigenvalue weighted by Gasteiger charge is 2.04. The van der Waals surface area contributed by atoms with E-state index in [4.69, 9.17) is 5.73 Å². The van der Waals surface area contributed by atoms with Gasteiger partial charge in [0, 0.05) is 22.4 Å². The van der Waals surface area contributed by atoms with Crippen LogP contribution in [-0.4, -0.2) is 24.5 Å². The Kier molecular flexibility index (Phi) is 6.17. The minimum absolute atomic E-state index is 0.433. The third-order valence-corrected chi connectivity index (χ3v) is 3.28. The summed E-state index contributed by atoms with van der Waals surface area (Å²) in [4.78, 5) is 3.84. The molecule has 88 valence electrons. The molecule has 0 aromatic carbocycles. The number of hydrogen-bond donors (Lipinski definition) is 1. The second kappa shape index (κ2) is 7.45. The molecule has 0 spiro atoms. The first kappa shape index (κ1) is 13.2. The van der Waals surface area contributed by atoms with Crippen LogP contribution in [0.2, 0.25) is 0 Å². The van der Waals surface area contributed by atoms with Gasteiger partial charge >= 0.3 is 0 Å². The van der Waals surface area contributed by atoms with Gasteiger partial charge in [-0.3, -0.25) is 4.90 Å². The molecule has 3 heteroatoms. The molecule has 1 aromatic rings. The Labute approximate surface area is 102 Å². The van der Waals surface area contributed by atoms with E-state index >= 15 is 0 Å². The van der Waals surface area contributed by atoms with E-state index in [0.29, 0.717) is 6.54 Å². The summed E-state index contributed by atoms with van der Waals surface area (Å²) in [5.74, 6) is 5.95. The van der Waals surface area contributed by atoms with Gasteiger partial charge in [-0.15, -0.1) is 11.3 Å². The fourth-order valence-corrected chi connectivity index (χ4v) is 2.43. The second-order valence-electron chi connectivity index (χ2n) is 3.68. The third-order valence-electron chi connectivity index (χ3n) is 2.36. The lowest BCUT2D eigenvalue weighted by molar-refractivity contribution is 0.283. The van der Waals surface area contributed by atoms with Crippen molar-refractivity contribution < 1.29 is 0 Å². The third kappa shape index (κ3) is 4.36. The van der Waals surface area contributed by atoms with Crippen LogP contribution in [0.15, 0.2) is 11.4 Å². The first-order chi connectivity index (χ1) is 7.80. The van der Waals surface area contributed by atoms with Crippen molar-refractivity contribution in [1.82, 2.24) is 4.90 Å². The number of hydrogen-bond acceptors (Lipinski definition) is 3. The number of nitrogens with two attached hydrogens (primary N) is 1. The summed E-state index contributed by atoms with van der Waals surface area (Å²) in [5.41, 5.74) is 6.44. The molecule has 0 saturated carbocycles. The predicted octanol–water partition coefficient (Wildman–Crippen LogP) is 2.29. The first-order valence-corrected chi connectivity index (χ1v) is 6.66. The molecule has 0 aliphatic carbocycles. The molecule has 0 aliphatic rings. The van der Waals surface area contributed by atoms with Gasteiger partial charge in [-0.1, -0.05) is 25.7 Å². The predicted molar refractivity (Wildman–Crippen MR) is 71.5 cm³/mol. The molecule has 16 heavy (non-hydrogen) atoms. The zero-order valence-corrected chi connectivity index (χ0v) is 10.9. The van der Waals surface area contributed by atoms with Crippen molar-refractivity contribution in [3.63, 3.8) is 0 Å². The quantitative estimate of drug-likeness (QED) is 0.795. The number of rotatable bonds is 5. The topological polar surface area (TPSA) is 29.3 Å². The summed E-state index contributed by atoms with van der Waals surface area (Å²) in [6.45, 7) is 8.17. The van der Waals surface area contributed by atoms with Crippen molar-refractivity contribution in [3.8, 4) is 11.8 Å². The fourth-order valence-electron chi connectivity index (χ4n) is 1.57. The van der Waals surface area contributed by atoms with Crippen LogP contribution in [0.4, 0.5) is 0 Å². The van der Waals surface area contributed by atoms with E-state index in [2.05, 4.69) is 42.0 Å². The molecule has 0 saturated heterocycles. The second-order valence-corrected chi connectivity index (χ2v) is 4.67. The first-order valence-electron chi connectivity index (χ1n) is 5.78. The zero-order valence-electron chi connectivity index (χ0n) is 10.1. The number of nitrogens with zero attached hydrogens (tertiary/aromatic N) is 1. The maximum atomic E-state index is 5.35. The Balaban J connectivity index is 2.56. The Hall–Kier alpha value is -0.820. The molecule has 2 N–H and O–H groups in total. The standard InChI is InChI=1S/C13H20N2S/c1-3-8-15(4-2)10-13-9-12(11-16-13)6-5-7-14/h9,11H,3-4,7-8,10,14H2,1-2H3. The average Bonchev–Trinajstić information content (AvgIpc) is 2.73. The van der Waals surface area contributed by atoms with Crippen LogP contribution < -0.4 is 5.73 Å². The normalized spacial score (nSPS) is 10.2. The van der Waals surface area contributed by atoms with Crippen LogP contribution in [0.5, 0.6) is 0 Å². The van der Waals surface area contributed by atoms with E-state index in [1.807, 2.05) is 0 Å². The summed E-state index contributed by atoms with van der Waals surface area (Å²) in [7, 11) is 0. The summed E-state index contributed by atoms with van der Waals surface area (Å²) in [6.07, 6.45) is 1.21. The zero-order chi connectivity index (χ0) is 11.8. The molecule has 0 radical (unpaired) electrons. The van der Waals surface area contributed by atoms with Crippen LogP contribution in [-0.2, 0) is 6.54 Å². The molecule has 0 fully saturated rings. The van der Waals surface area contributed by atoms with Gasteiger partial charge in [0.15, 0.2) is 0 Å². The van der Waals surface area contributed by atoms with Crippen molar-refractivity contribution >= 4 is 11.3 Å². The minimum Gasteiger partial charge on any atom is -0.320 e. The van der Waals surface area contributed by atoms with Crippen LogP contribution in [0, 0.1) is 11.8 Å². The van der Waals surface area contributed by atoms with Crippen LogP contribution in [0.3, 0.4) is 0 Å². The maximum Gasteiger partial charge on any atom is 0.0555 e. The van der Waals surface area contributed by atoms with E-state index in [-0.39, 0.29) is 0 Å². The minimum atomic E-state index is 0.433. The molecule has 0 atom stereocenters. The van der Waals surface area contributed by atoms with E-state index in [1.54, 1.807) is 11.3 Å². The van der Waals surface area contributed by atoms with Gasteiger partial charge < -0.3 is 5.73 Å². The van der Waals surface area contributed by atoms with Gasteiger partial charge in [-0.05, 0) is 25.6 Å². The highest BCUT2D eigenvalue weighted by Crippen LogP contribution is 2.16. The van der Waals surface area contributed by atoms with Gasteiger partial charge in [-0.25, -0.2) is 0 Å². The molecular formula is C13H20N2S. The molecular weight excluding hydrogens is 216 g/mol. The molecule has 0 amide bonds. The molecule has 0 aliphatic heterocycles. The summed E-state index contributed by atoms with van der Waals surface area (Å²) in [6, 6.07) is 2.17. The van der Waals surface area contributed by atoms with Crippen molar-refractivity contribution in [1.29, 1.82) is 0 Å². The maximum absolute atomic E-state index is 5.35. The SMILES string of the molecule is CCCN(CC)Cc1cc(C#CCN)cs1. The summed E-state index contributed by atoms with van der Waals surface area (Å²) in [5, 5.41) is 2.11. The molecule has 0 unspecified atom stereocenters. The molecule has 1 aromatic heterocycles. The van der Waals surface area contributed by atoms with Crippen LogP contribution in [0.1, 0.15) is 30.7 Å². The van der Waals surface area contributed by atoms with Crippen molar-refractivity contribution in [3.05, 3.63) is 21.9 Å². The van der Waals surface area contributed by atoms with E-state index in [1.165, 1.54) is 11.3 Å². The lowest BCUT2D eigenvalue weighted by atomic mass is 10.3. The Bertz CT molecular complexity index is 359. The monoisotopic (exact) mass is 236 g/mol. The van der Waals surface area contributed by atoms with Gasteiger partial charge in [0.25, 0.3) is 0 Å².